The van der Waals surface area contributed by atoms with Gasteiger partial charge in [-0.3, -0.25) is 4.99 Å². The van der Waals surface area contributed by atoms with Gasteiger partial charge in [-0.2, -0.15) is 0 Å². The van der Waals surface area contributed by atoms with E-state index < -0.39 is 0 Å². The van der Waals surface area contributed by atoms with Gasteiger partial charge in [0.1, 0.15) is 12.2 Å². The topological polar surface area (TPSA) is 81.1 Å². The maximum atomic E-state index is 5.63. The van der Waals surface area contributed by atoms with Crippen LogP contribution in [0.25, 0.3) is 0 Å². The van der Waals surface area contributed by atoms with Crippen molar-refractivity contribution in [3.05, 3.63) is 12.2 Å². The van der Waals surface area contributed by atoms with Crippen LogP contribution in [0.3, 0.4) is 0 Å². The van der Waals surface area contributed by atoms with Crippen molar-refractivity contribution in [2.24, 2.45) is 17.8 Å². The van der Waals surface area contributed by atoms with Gasteiger partial charge in [0.25, 0.3) is 0 Å². The molecule has 0 unspecified atom stereocenters. The SMILES string of the molecule is CCCN=C(N)NCCc1nncn1C. The monoisotopic (exact) mass is 210 g/mol. The van der Waals surface area contributed by atoms with Crippen LogP contribution in [0.15, 0.2) is 11.3 Å². The van der Waals surface area contributed by atoms with Crippen molar-refractivity contribution in [2.75, 3.05) is 13.1 Å². The summed E-state index contributed by atoms with van der Waals surface area (Å²) >= 11 is 0. The molecule has 1 heterocycles. The van der Waals surface area contributed by atoms with E-state index in [9.17, 15) is 0 Å². The minimum Gasteiger partial charge on any atom is -0.370 e. The quantitative estimate of drug-likeness (QED) is 0.515. The Bertz CT molecular complexity index is 316. The molecule has 84 valence electrons. The number of guanidine groups is 1. The zero-order valence-corrected chi connectivity index (χ0v) is 9.27. The van der Waals surface area contributed by atoms with Crippen molar-refractivity contribution < 1.29 is 0 Å². The summed E-state index contributed by atoms with van der Waals surface area (Å²) in [4.78, 5) is 4.12. The number of aliphatic imine (C=N–C) groups is 1. The van der Waals surface area contributed by atoms with E-state index >= 15 is 0 Å². The Balaban J connectivity index is 2.25. The highest BCUT2D eigenvalue weighted by atomic mass is 15.2. The lowest BCUT2D eigenvalue weighted by atomic mass is 10.4. The molecule has 0 aliphatic rings. The molecule has 1 aromatic heterocycles. The molecular formula is C9H18N6. The molecule has 0 aromatic carbocycles. The van der Waals surface area contributed by atoms with Gasteiger partial charge in [0.05, 0.1) is 0 Å². The second-order valence-electron chi connectivity index (χ2n) is 3.30. The summed E-state index contributed by atoms with van der Waals surface area (Å²) in [5.74, 6) is 1.44. The van der Waals surface area contributed by atoms with Crippen molar-refractivity contribution in [1.82, 2.24) is 20.1 Å². The molecule has 0 aliphatic carbocycles. The Kier molecular flexibility index (Phi) is 4.59. The average molecular weight is 210 g/mol. The number of rotatable bonds is 5. The zero-order chi connectivity index (χ0) is 11.1. The van der Waals surface area contributed by atoms with Gasteiger partial charge in [0.15, 0.2) is 5.96 Å². The molecule has 0 radical (unpaired) electrons. The summed E-state index contributed by atoms with van der Waals surface area (Å²) in [6.07, 6.45) is 3.48. The van der Waals surface area contributed by atoms with Gasteiger partial charge in [0, 0.05) is 26.6 Å². The van der Waals surface area contributed by atoms with Crippen LogP contribution in [0, 0.1) is 0 Å². The van der Waals surface area contributed by atoms with E-state index in [1.807, 2.05) is 11.6 Å². The molecule has 0 spiro atoms. The fourth-order valence-electron chi connectivity index (χ4n) is 1.12. The van der Waals surface area contributed by atoms with Crippen LogP contribution < -0.4 is 11.1 Å². The van der Waals surface area contributed by atoms with E-state index in [-0.39, 0.29) is 0 Å². The van der Waals surface area contributed by atoms with Gasteiger partial charge in [-0.25, -0.2) is 0 Å². The predicted molar refractivity (Wildman–Crippen MR) is 59.5 cm³/mol. The van der Waals surface area contributed by atoms with Gasteiger partial charge in [-0.1, -0.05) is 6.92 Å². The lowest BCUT2D eigenvalue weighted by Crippen LogP contribution is -2.33. The van der Waals surface area contributed by atoms with Gasteiger partial charge in [-0.15, -0.1) is 10.2 Å². The first kappa shape index (κ1) is 11.5. The molecular weight excluding hydrogens is 192 g/mol. The second-order valence-corrected chi connectivity index (χ2v) is 3.30. The minimum absolute atomic E-state index is 0.499. The smallest absolute Gasteiger partial charge is 0.188 e. The lowest BCUT2D eigenvalue weighted by molar-refractivity contribution is 0.742. The first-order chi connectivity index (χ1) is 7.24. The van der Waals surface area contributed by atoms with E-state index in [0.717, 1.165) is 31.8 Å². The van der Waals surface area contributed by atoms with Gasteiger partial charge < -0.3 is 15.6 Å². The Morgan fingerprint density at radius 1 is 1.67 bits per heavy atom. The first-order valence-corrected chi connectivity index (χ1v) is 5.10. The van der Waals surface area contributed by atoms with Crippen molar-refractivity contribution in [3.8, 4) is 0 Å². The van der Waals surface area contributed by atoms with Gasteiger partial charge in [0.2, 0.25) is 0 Å². The third-order valence-corrected chi connectivity index (χ3v) is 1.97. The standard InChI is InChI=1S/C9H18N6/c1-3-5-11-9(10)12-6-4-8-14-13-7-15(8)2/h7H,3-6H2,1-2H3,(H3,10,11,12). The van der Waals surface area contributed by atoms with E-state index in [1.54, 1.807) is 6.33 Å². The highest BCUT2D eigenvalue weighted by Crippen LogP contribution is 1.90. The van der Waals surface area contributed by atoms with Crippen LogP contribution in [-0.2, 0) is 13.5 Å². The van der Waals surface area contributed by atoms with Crippen LogP contribution in [-0.4, -0.2) is 33.8 Å². The van der Waals surface area contributed by atoms with Crippen LogP contribution in [0.4, 0.5) is 0 Å². The first-order valence-electron chi connectivity index (χ1n) is 5.10. The molecule has 6 nitrogen and oxygen atoms in total. The van der Waals surface area contributed by atoms with E-state index in [2.05, 4.69) is 27.4 Å². The lowest BCUT2D eigenvalue weighted by Gasteiger charge is -2.04. The van der Waals surface area contributed by atoms with Crippen LogP contribution in [0.1, 0.15) is 19.2 Å². The van der Waals surface area contributed by atoms with Crippen molar-refractivity contribution in [3.63, 3.8) is 0 Å². The molecule has 3 N–H and O–H groups in total. The Labute approximate surface area is 89.6 Å². The van der Waals surface area contributed by atoms with Crippen LogP contribution >= 0.6 is 0 Å². The Hall–Kier alpha value is -1.59. The molecule has 6 heteroatoms. The summed E-state index contributed by atoms with van der Waals surface area (Å²) in [5.41, 5.74) is 5.63. The second kappa shape index (κ2) is 6.00. The average Bonchev–Trinajstić information content (AvgIpc) is 2.61. The van der Waals surface area contributed by atoms with E-state index in [0.29, 0.717) is 5.96 Å². The Morgan fingerprint density at radius 2 is 2.47 bits per heavy atom. The largest absolute Gasteiger partial charge is 0.370 e. The summed E-state index contributed by atoms with van der Waals surface area (Å²) in [5, 5.41) is 10.8. The number of aromatic nitrogens is 3. The van der Waals surface area contributed by atoms with Crippen molar-refractivity contribution >= 4 is 5.96 Å². The molecule has 0 amide bonds. The summed E-state index contributed by atoms with van der Waals surface area (Å²) in [6.45, 7) is 3.56. The number of hydrogen-bond acceptors (Lipinski definition) is 3. The number of nitrogens with one attached hydrogen (secondary N) is 1. The third kappa shape index (κ3) is 3.97. The number of nitrogens with two attached hydrogens (primary N) is 1. The molecule has 0 atom stereocenters. The van der Waals surface area contributed by atoms with E-state index in [1.165, 1.54) is 0 Å². The normalized spacial score (nSPS) is 11.7. The van der Waals surface area contributed by atoms with Gasteiger partial charge in [-0.05, 0) is 6.42 Å². The van der Waals surface area contributed by atoms with Gasteiger partial charge >= 0.3 is 0 Å². The minimum atomic E-state index is 0.499. The van der Waals surface area contributed by atoms with Crippen molar-refractivity contribution in [1.29, 1.82) is 0 Å². The Morgan fingerprint density at radius 3 is 3.07 bits per heavy atom. The maximum Gasteiger partial charge on any atom is 0.188 e. The molecule has 0 saturated heterocycles. The number of hydrogen-bond donors (Lipinski definition) is 2. The van der Waals surface area contributed by atoms with Crippen LogP contribution in [0.2, 0.25) is 0 Å². The molecule has 1 rings (SSSR count). The molecule has 0 fully saturated rings. The van der Waals surface area contributed by atoms with Crippen LogP contribution in [0.5, 0.6) is 0 Å². The predicted octanol–water partition coefficient (Wildman–Crippen LogP) is -0.328. The number of aryl methyl sites for hydroxylation is 1. The molecule has 0 bridgehead atoms. The zero-order valence-electron chi connectivity index (χ0n) is 9.27. The molecule has 1 aromatic rings. The summed E-state index contributed by atoms with van der Waals surface area (Å²) < 4.78 is 1.89. The number of nitrogens with zero attached hydrogens (tertiary/aromatic N) is 4. The fraction of sp³-hybridized carbons (Fsp3) is 0.667. The highest BCUT2D eigenvalue weighted by Gasteiger charge is 1.99. The third-order valence-electron chi connectivity index (χ3n) is 1.97. The highest BCUT2D eigenvalue weighted by molar-refractivity contribution is 5.77. The van der Waals surface area contributed by atoms with E-state index in [4.69, 9.17) is 5.73 Å². The van der Waals surface area contributed by atoms with Crippen molar-refractivity contribution in [2.45, 2.75) is 19.8 Å². The summed E-state index contributed by atoms with van der Waals surface area (Å²) in [6, 6.07) is 0. The fourth-order valence-corrected chi connectivity index (χ4v) is 1.12. The summed E-state index contributed by atoms with van der Waals surface area (Å²) in [7, 11) is 1.92. The molecule has 15 heavy (non-hydrogen) atoms. The molecule has 0 aliphatic heterocycles. The maximum absolute atomic E-state index is 5.63. The molecule has 0 saturated carbocycles.